The first-order valence-electron chi connectivity index (χ1n) is 7.66. The minimum atomic E-state index is -0.925. The minimum Gasteiger partial charge on any atom is -0.481 e. The van der Waals surface area contributed by atoms with Crippen molar-refractivity contribution in [3.05, 3.63) is 57.8 Å². The normalized spacial score (nSPS) is 11.9. The molecule has 2 aromatic rings. The van der Waals surface area contributed by atoms with E-state index in [4.69, 9.17) is 0 Å². The minimum absolute atomic E-state index is 0.0968. The monoisotopic (exact) mass is 331 g/mol. The molecular formula is C18H21NO3S. The first kappa shape index (κ1) is 17.2. The number of carbonyl (C=O) groups excluding carboxylic acids is 1. The second-order valence-corrected chi connectivity index (χ2v) is 6.84. The van der Waals surface area contributed by atoms with Crippen molar-refractivity contribution in [2.45, 2.75) is 32.1 Å². The van der Waals surface area contributed by atoms with E-state index < -0.39 is 11.9 Å². The molecule has 1 aromatic carbocycles. The average Bonchev–Trinajstić information content (AvgIpc) is 2.94. The molecule has 0 aliphatic rings. The number of hydrogen-bond acceptors (Lipinski definition) is 3. The van der Waals surface area contributed by atoms with Crippen LogP contribution < -0.4 is 5.32 Å². The van der Waals surface area contributed by atoms with E-state index in [-0.39, 0.29) is 12.5 Å². The summed E-state index contributed by atoms with van der Waals surface area (Å²) in [6.07, 6.45) is 2.07. The number of thiophene rings is 1. The highest BCUT2D eigenvalue weighted by Gasteiger charge is 2.20. The summed E-state index contributed by atoms with van der Waals surface area (Å²) < 4.78 is 0. The van der Waals surface area contributed by atoms with Crippen molar-refractivity contribution in [2.75, 3.05) is 6.54 Å². The predicted molar refractivity (Wildman–Crippen MR) is 91.8 cm³/mol. The van der Waals surface area contributed by atoms with Gasteiger partial charge >= 0.3 is 5.97 Å². The zero-order valence-electron chi connectivity index (χ0n) is 13.1. The number of nitrogens with one attached hydrogen (secondary N) is 1. The van der Waals surface area contributed by atoms with E-state index in [1.54, 1.807) is 35.6 Å². The summed E-state index contributed by atoms with van der Waals surface area (Å²) >= 11 is 1.75. The van der Waals surface area contributed by atoms with Crippen LogP contribution in [0.25, 0.3) is 0 Å². The van der Waals surface area contributed by atoms with E-state index in [9.17, 15) is 14.7 Å². The Kier molecular flexibility index (Phi) is 6.35. The maximum absolute atomic E-state index is 11.9. The molecule has 1 amide bonds. The van der Waals surface area contributed by atoms with Gasteiger partial charge in [0, 0.05) is 22.7 Å². The Hall–Kier alpha value is -2.14. The van der Waals surface area contributed by atoms with Crippen LogP contribution in [0.15, 0.2) is 42.5 Å². The van der Waals surface area contributed by atoms with Crippen molar-refractivity contribution in [3.63, 3.8) is 0 Å². The molecule has 1 heterocycles. The van der Waals surface area contributed by atoms with Crippen LogP contribution in [0.3, 0.4) is 0 Å². The highest BCUT2D eigenvalue weighted by atomic mass is 32.1. The van der Waals surface area contributed by atoms with E-state index in [1.165, 1.54) is 9.75 Å². The first-order chi connectivity index (χ1) is 11.1. The third-order valence-electron chi connectivity index (χ3n) is 3.63. The Balaban J connectivity index is 1.77. The first-order valence-corrected chi connectivity index (χ1v) is 8.47. The summed E-state index contributed by atoms with van der Waals surface area (Å²) in [5, 5.41) is 12.1. The molecule has 0 aliphatic carbocycles. The summed E-state index contributed by atoms with van der Waals surface area (Å²) in [4.78, 5) is 25.8. The molecular weight excluding hydrogens is 310 g/mol. The van der Waals surface area contributed by atoms with Gasteiger partial charge in [-0.15, -0.1) is 11.3 Å². The fraction of sp³-hybridized carbons (Fsp3) is 0.333. The lowest BCUT2D eigenvalue weighted by molar-refractivity contribution is -0.138. The van der Waals surface area contributed by atoms with Crippen LogP contribution in [-0.2, 0) is 16.0 Å². The summed E-state index contributed by atoms with van der Waals surface area (Å²) in [5.74, 6) is -1.73. The van der Waals surface area contributed by atoms with Gasteiger partial charge in [-0.1, -0.05) is 30.3 Å². The third-order valence-corrected chi connectivity index (χ3v) is 4.69. The van der Waals surface area contributed by atoms with Gasteiger partial charge in [-0.25, -0.2) is 0 Å². The second kappa shape index (κ2) is 8.48. The lowest BCUT2D eigenvalue weighted by atomic mass is 9.99. The molecule has 1 unspecified atom stereocenters. The Morgan fingerprint density at radius 3 is 2.52 bits per heavy atom. The Morgan fingerprint density at radius 2 is 1.91 bits per heavy atom. The van der Waals surface area contributed by atoms with Crippen molar-refractivity contribution >= 4 is 23.2 Å². The largest absolute Gasteiger partial charge is 0.481 e. The van der Waals surface area contributed by atoms with Gasteiger partial charge in [0.25, 0.3) is 0 Å². The van der Waals surface area contributed by atoms with Crippen LogP contribution in [0.2, 0.25) is 0 Å². The summed E-state index contributed by atoms with van der Waals surface area (Å²) in [6, 6.07) is 13.2. The fourth-order valence-corrected chi connectivity index (χ4v) is 3.31. The highest BCUT2D eigenvalue weighted by molar-refractivity contribution is 7.11. The summed E-state index contributed by atoms with van der Waals surface area (Å²) in [6.45, 7) is 2.19. The van der Waals surface area contributed by atoms with Crippen molar-refractivity contribution < 1.29 is 14.7 Å². The molecule has 5 heteroatoms. The number of hydrogen-bond donors (Lipinski definition) is 2. The number of amides is 1. The molecule has 1 atom stereocenters. The molecule has 4 nitrogen and oxygen atoms in total. The highest BCUT2D eigenvalue weighted by Crippen LogP contribution is 2.17. The van der Waals surface area contributed by atoms with Crippen molar-refractivity contribution in [3.8, 4) is 0 Å². The Bertz CT molecular complexity index is 651. The van der Waals surface area contributed by atoms with E-state index in [0.29, 0.717) is 12.0 Å². The molecule has 0 aliphatic heterocycles. The lowest BCUT2D eigenvalue weighted by Crippen LogP contribution is -2.31. The maximum Gasteiger partial charge on any atom is 0.312 e. The van der Waals surface area contributed by atoms with Gasteiger partial charge in [-0.3, -0.25) is 9.59 Å². The van der Waals surface area contributed by atoms with Gasteiger partial charge in [-0.05, 0) is 37.5 Å². The third kappa shape index (κ3) is 5.53. The van der Waals surface area contributed by atoms with E-state index in [0.717, 1.165) is 12.8 Å². The molecule has 0 saturated carbocycles. The van der Waals surface area contributed by atoms with Crippen molar-refractivity contribution in [1.82, 2.24) is 5.32 Å². The zero-order valence-corrected chi connectivity index (χ0v) is 13.9. The number of aliphatic carboxylic acids is 1. The van der Waals surface area contributed by atoms with Gasteiger partial charge in [0.05, 0.1) is 5.92 Å². The molecule has 0 spiro atoms. The zero-order chi connectivity index (χ0) is 16.7. The van der Waals surface area contributed by atoms with Crippen molar-refractivity contribution in [1.29, 1.82) is 0 Å². The standard InChI is InChI=1S/C18H21NO3S/c1-13-10-11-15(23-13)8-5-9-17(20)19-12-16(18(21)22)14-6-3-2-4-7-14/h2-4,6-7,10-11,16H,5,8-9,12H2,1H3,(H,19,20)(H,21,22). The molecule has 1 aromatic heterocycles. The number of carboxylic acid groups (broad SMARTS) is 1. The summed E-state index contributed by atoms with van der Waals surface area (Å²) in [5.41, 5.74) is 0.703. The maximum atomic E-state index is 11.9. The molecule has 0 fully saturated rings. The predicted octanol–water partition coefficient (Wildman–Crippen LogP) is 3.36. The lowest BCUT2D eigenvalue weighted by Gasteiger charge is -2.13. The second-order valence-electron chi connectivity index (χ2n) is 5.47. The van der Waals surface area contributed by atoms with E-state index in [1.807, 2.05) is 6.07 Å². The van der Waals surface area contributed by atoms with Gasteiger partial charge in [0.15, 0.2) is 0 Å². The molecule has 0 saturated heterocycles. The van der Waals surface area contributed by atoms with Gasteiger partial charge in [0.2, 0.25) is 5.91 Å². The Labute approximate surface area is 140 Å². The molecule has 2 N–H and O–H groups in total. The van der Waals surface area contributed by atoms with Crippen LogP contribution in [0.5, 0.6) is 0 Å². The molecule has 0 radical (unpaired) electrons. The average molecular weight is 331 g/mol. The van der Waals surface area contributed by atoms with Crippen LogP contribution in [0.4, 0.5) is 0 Å². The van der Waals surface area contributed by atoms with Crippen molar-refractivity contribution in [2.24, 2.45) is 0 Å². The van der Waals surface area contributed by atoms with Crippen LogP contribution in [-0.4, -0.2) is 23.5 Å². The number of carboxylic acids is 1. The van der Waals surface area contributed by atoms with Crippen LogP contribution >= 0.6 is 11.3 Å². The van der Waals surface area contributed by atoms with E-state index in [2.05, 4.69) is 24.4 Å². The van der Waals surface area contributed by atoms with E-state index >= 15 is 0 Å². The van der Waals surface area contributed by atoms with Gasteiger partial charge in [0.1, 0.15) is 0 Å². The Morgan fingerprint density at radius 1 is 1.17 bits per heavy atom. The van der Waals surface area contributed by atoms with Gasteiger partial charge < -0.3 is 10.4 Å². The molecule has 2 rings (SSSR count). The van der Waals surface area contributed by atoms with Crippen LogP contribution in [0, 0.1) is 6.92 Å². The molecule has 122 valence electrons. The topological polar surface area (TPSA) is 66.4 Å². The number of rotatable bonds is 8. The van der Waals surface area contributed by atoms with Crippen LogP contribution in [0.1, 0.15) is 34.1 Å². The fourth-order valence-electron chi connectivity index (χ4n) is 2.38. The SMILES string of the molecule is Cc1ccc(CCCC(=O)NCC(C(=O)O)c2ccccc2)s1. The van der Waals surface area contributed by atoms with Gasteiger partial charge in [-0.2, -0.15) is 0 Å². The molecule has 0 bridgehead atoms. The number of benzene rings is 1. The smallest absolute Gasteiger partial charge is 0.312 e. The number of aryl methyl sites for hydroxylation is 2. The summed E-state index contributed by atoms with van der Waals surface area (Å²) in [7, 11) is 0. The quantitative estimate of drug-likeness (QED) is 0.779. The number of carbonyl (C=O) groups is 2. The molecule has 23 heavy (non-hydrogen) atoms.